The molecule has 1 N–H and O–H groups in total. The van der Waals surface area contributed by atoms with Gasteiger partial charge in [0, 0.05) is 10.3 Å². The number of pyridine rings is 1. The number of hydrogen-bond donors (Lipinski definition) is 1. The van der Waals surface area contributed by atoms with E-state index < -0.39 is 0 Å². The SMILES string of the molecule is CNC(c1ccc2ccccc2n1)c1ccc(Cl)s1. The summed E-state index contributed by atoms with van der Waals surface area (Å²) in [6, 6.07) is 16.4. The van der Waals surface area contributed by atoms with Crippen LogP contribution in [0.25, 0.3) is 10.9 Å². The van der Waals surface area contributed by atoms with Gasteiger partial charge in [-0.05, 0) is 31.3 Å². The number of rotatable bonds is 3. The zero-order valence-electron chi connectivity index (χ0n) is 10.4. The van der Waals surface area contributed by atoms with Crippen molar-refractivity contribution in [3.05, 3.63) is 63.4 Å². The van der Waals surface area contributed by atoms with Crippen LogP contribution in [0.15, 0.2) is 48.5 Å². The Morgan fingerprint density at radius 3 is 2.68 bits per heavy atom. The van der Waals surface area contributed by atoms with Gasteiger partial charge in [-0.2, -0.15) is 0 Å². The predicted molar refractivity (Wildman–Crippen MR) is 82.0 cm³/mol. The van der Waals surface area contributed by atoms with Gasteiger partial charge in [-0.25, -0.2) is 0 Å². The van der Waals surface area contributed by atoms with E-state index in [2.05, 4.69) is 23.5 Å². The maximum absolute atomic E-state index is 6.01. The molecule has 0 amide bonds. The fraction of sp³-hybridized carbons (Fsp3) is 0.133. The standard InChI is InChI=1S/C15H13ClN2S/c1-17-15(13-8-9-14(16)19-13)12-7-6-10-4-2-3-5-11(10)18-12/h2-9,15,17H,1H3. The molecule has 3 aromatic rings. The summed E-state index contributed by atoms with van der Waals surface area (Å²) in [7, 11) is 1.94. The Bertz CT molecular complexity index is 708. The van der Waals surface area contributed by atoms with Gasteiger partial charge < -0.3 is 5.32 Å². The predicted octanol–water partition coefficient (Wildman–Crippen LogP) is 4.26. The van der Waals surface area contributed by atoms with Gasteiger partial charge in [-0.3, -0.25) is 4.98 Å². The lowest BCUT2D eigenvalue weighted by molar-refractivity contribution is 0.685. The number of nitrogens with zero attached hydrogens (tertiary/aromatic N) is 1. The molecule has 1 aromatic carbocycles. The average Bonchev–Trinajstić information content (AvgIpc) is 2.86. The van der Waals surface area contributed by atoms with Crippen molar-refractivity contribution >= 4 is 33.8 Å². The second kappa shape index (κ2) is 5.29. The van der Waals surface area contributed by atoms with Crippen LogP contribution in [0.1, 0.15) is 16.6 Å². The molecule has 0 radical (unpaired) electrons. The van der Waals surface area contributed by atoms with Crippen LogP contribution in [0.5, 0.6) is 0 Å². The molecule has 2 heterocycles. The Morgan fingerprint density at radius 2 is 1.95 bits per heavy atom. The normalized spacial score (nSPS) is 12.7. The summed E-state index contributed by atoms with van der Waals surface area (Å²) in [5, 5.41) is 4.46. The number of nitrogens with one attached hydrogen (secondary N) is 1. The van der Waals surface area contributed by atoms with E-state index in [0.717, 1.165) is 20.9 Å². The Hall–Kier alpha value is -1.42. The summed E-state index contributed by atoms with van der Waals surface area (Å²) >= 11 is 7.60. The van der Waals surface area contributed by atoms with Gasteiger partial charge in [0.15, 0.2) is 0 Å². The van der Waals surface area contributed by atoms with E-state index in [1.807, 2.05) is 37.4 Å². The van der Waals surface area contributed by atoms with Crippen LogP contribution in [0, 0.1) is 0 Å². The third-order valence-electron chi connectivity index (χ3n) is 3.08. The zero-order valence-corrected chi connectivity index (χ0v) is 12.0. The molecule has 1 atom stereocenters. The Balaban J connectivity index is 2.06. The van der Waals surface area contributed by atoms with Crippen LogP contribution in [0.3, 0.4) is 0 Å². The molecule has 96 valence electrons. The van der Waals surface area contributed by atoms with Crippen molar-refractivity contribution in [2.45, 2.75) is 6.04 Å². The van der Waals surface area contributed by atoms with E-state index in [1.165, 1.54) is 4.88 Å². The number of halogens is 1. The van der Waals surface area contributed by atoms with E-state index >= 15 is 0 Å². The van der Waals surface area contributed by atoms with Crippen molar-refractivity contribution in [1.29, 1.82) is 0 Å². The molecule has 0 saturated heterocycles. The number of aromatic nitrogens is 1. The lowest BCUT2D eigenvalue weighted by atomic mass is 10.1. The van der Waals surface area contributed by atoms with Crippen molar-refractivity contribution in [3.63, 3.8) is 0 Å². The first kappa shape index (κ1) is 12.6. The largest absolute Gasteiger partial charge is 0.307 e. The van der Waals surface area contributed by atoms with Gasteiger partial charge in [0.1, 0.15) is 0 Å². The van der Waals surface area contributed by atoms with E-state index in [-0.39, 0.29) is 6.04 Å². The van der Waals surface area contributed by atoms with Gasteiger partial charge in [-0.1, -0.05) is 35.9 Å². The minimum absolute atomic E-state index is 0.0853. The Kier molecular flexibility index (Phi) is 3.51. The number of benzene rings is 1. The molecule has 3 rings (SSSR count). The molecule has 2 nitrogen and oxygen atoms in total. The van der Waals surface area contributed by atoms with Gasteiger partial charge in [-0.15, -0.1) is 11.3 Å². The quantitative estimate of drug-likeness (QED) is 0.779. The fourth-order valence-corrected chi connectivity index (χ4v) is 3.35. The highest BCUT2D eigenvalue weighted by Crippen LogP contribution is 2.30. The smallest absolute Gasteiger partial charge is 0.0931 e. The molecule has 0 spiro atoms. The van der Waals surface area contributed by atoms with Gasteiger partial charge in [0.25, 0.3) is 0 Å². The summed E-state index contributed by atoms with van der Waals surface area (Å²) in [5.41, 5.74) is 2.03. The fourth-order valence-electron chi connectivity index (χ4n) is 2.16. The number of fused-ring (bicyclic) bond motifs is 1. The zero-order chi connectivity index (χ0) is 13.2. The van der Waals surface area contributed by atoms with Crippen molar-refractivity contribution in [2.75, 3.05) is 7.05 Å². The van der Waals surface area contributed by atoms with Gasteiger partial charge in [0.2, 0.25) is 0 Å². The second-order valence-corrected chi connectivity index (χ2v) is 6.04. The maximum Gasteiger partial charge on any atom is 0.0931 e. The molecule has 0 aliphatic carbocycles. The Labute approximate surface area is 121 Å². The van der Waals surface area contributed by atoms with Crippen LogP contribution in [-0.2, 0) is 0 Å². The summed E-state index contributed by atoms with van der Waals surface area (Å²) in [6.07, 6.45) is 0. The van der Waals surface area contributed by atoms with E-state index in [1.54, 1.807) is 11.3 Å². The average molecular weight is 289 g/mol. The molecular formula is C15H13ClN2S. The molecule has 0 aliphatic heterocycles. The molecule has 4 heteroatoms. The molecule has 0 aliphatic rings. The lowest BCUT2D eigenvalue weighted by Crippen LogP contribution is -2.17. The van der Waals surface area contributed by atoms with Crippen LogP contribution in [-0.4, -0.2) is 12.0 Å². The molecule has 1 unspecified atom stereocenters. The van der Waals surface area contributed by atoms with E-state index in [4.69, 9.17) is 16.6 Å². The number of para-hydroxylation sites is 1. The summed E-state index contributed by atoms with van der Waals surface area (Å²) in [5.74, 6) is 0. The highest BCUT2D eigenvalue weighted by atomic mass is 35.5. The molecule has 2 aromatic heterocycles. The molecule has 0 saturated carbocycles. The molecule has 19 heavy (non-hydrogen) atoms. The van der Waals surface area contributed by atoms with Crippen molar-refractivity contribution < 1.29 is 0 Å². The second-order valence-electron chi connectivity index (χ2n) is 4.29. The van der Waals surface area contributed by atoms with Gasteiger partial charge >= 0.3 is 0 Å². The first-order valence-electron chi connectivity index (χ1n) is 6.06. The highest BCUT2D eigenvalue weighted by Gasteiger charge is 2.15. The van der Waals surface area contributed by atoms with E-state index in [0.29, 0.717) is 0 Å². The topological polar surface area (TPSA) is 24.9 Å². The minimum Gasteiger partial charge on any atom is -0.307 e. The molecular weight excluding hydrogens is 276 g/mol. The van der Waals surface area contributed by atoms with Crippen molar-refractivity contribution in [1.82, 2.24) is 10.3 Å². The third-order valence-corrected chi connectivity index (χ3v) is 4.38. The van der Waals surface area contributed by atoms with E-state index in [9.17, 15) is 0 Å². The number of hydrogen-bond acceptors (Lipinski definition) is 3. The van der Waals surface area contributed by atoms with Gasteiger partial charge in [0.05, 0.1) is 21.6 Å². The molecule has 0 bridgehead atoms. The molecule has 0 fully saturated rings. The van der Waals surface area contributed by atoms with Crippen molar-refractivity contribution in [3.8, 4) is 0 Å². The number of thiophene rings is 1. The minimum atomic E-state index is 0.0853. The summed E-state index contributed by atoms with van der Waals surface area (Å²) in [6.45, 7) is 0. The first-order chi connectivity index (χ1) is 9.28. The first-order valence-corrected chi connectivity index (χ1v) is 7.25. The van der Waals surface area contributed by atoms with Crippen LogP contribution >= 0.6 is 22.9 Å². The van der Waals surface area contributed by atoms with Crippen LogP contribution < -0.4 is 5.32 Å². The third kappa shape index (κ3) is 2.50. The lowest BCUT2D eigenvalue weighted by Gasteiger charge is -2.14. The highest BCUT2D eigenvalue weighted by molar-refractivity contribution is 7.16. The maximum atomic E-state index is 6.01. The van der Waals surface area contributed by atoms with Crippen LogP contribution in [0.2, 0.25) is 4.34 Å². The summed E-state index contributed by atoms with van der Waals surface area (Å²) in [4.78, 5) is 5.91. The van der Waals surface area contributed by atoms with Crippen molar-refractivity contribution in [2.24, 2.45) is 0 Å². The Morgan fingerprint density at radius 1 is 1.11 bits per heavy atom. The summed E-state index contributed by atoms with van der Waals surface area (Å²) < 4.78 is 0.802. The monoisotopic (exact) mass is 288 g/mol. The van der Waals surface area contributed by atoms with Crippen LogP contribution in [0.4, 0.5) is 0 Å².